The number of rotatable bonds is 8. The van der Waals surface area contributed by atoms with E-state index in [1.54, 1.807) is 30.3 Å². The Kier molecular flexibility index (Phi) is 8.06. The molecule has 0 aliphatic heterocycles. The van der Waals surface area contributed by atoms with Crippen molar-refractivity contribution in [2.75, 3.05) is 7.11 Å². The van der Waals surface area contributed by atoms with Gasteiger partial charge in [0.25, 0.3) is 5.91 Å². The van der Waals surface area contributed by atoms with Crippen LogP contribution in [0.25, 0.3) is 6.08 Å². The molecule has 0 saturated heterocycles. The summed E-state index contributed by atoms with van der Waals surface area (Å²) in [6.07, 6.45) is 1.42. The Hall–Kier alpha value is -3.82. The van der Waals surface area contributed by atoms with Gasteiger partial charge in [-0.1, -0.05) is 60.1 Å². The van der Waals surface area contributed by atoms with Gasteiger partial charge in [-0.2, -0.15) is 5.26 Å². The maximum atomic E-state index is 13.9. The predicted octanol–water partition coefficient (Wildman–Crippen LogP) is 5.85. The number of nitriles is 1. The molecule has 0 bridgehead atoms. The van der Waals surface area contributed by atoms with Gasteiger partial charge in [0.15, 0.2) is 11.5 Å². The van der Waals surface area contributed by atoms with Gasteiger partial charge in [-0.05, 0) is 42.3 Å². The molecule has 7 heteroatoms. The average molecular weight is 465 g/mol. The van der Waals surface area contributed by atoms with Crippen LogP contribution in [0.15, 0.2) is 72.3 Å². The lowest BCUT2D eigenvalue weighted by molar-refractivity contribution is -0.117. The number of hydrogen-bond acceptors (Lipinski definition) is 4. The lowest BCUT2D eigenvalue weighted by Crippen LogP contribution is -2.27. The molecular formula is C26H22ClFN2O3. The van der Waals surface area contributed by atoms with E-state index in [1.807, 2.05) is 43.3 Å². The first-order chi connectivity index (χ1) is 15.9. The number of halogens is 2. The highest BCUT2D eigenvalue weighted by Crippen LogP contribution is 2.37. The van der Waals surface area contributed by atoms with E-state index in [0.717, 1.165) is 5.56 Å². The molecule has 0 saturated carbocycles. The number of carbonyl (C=O) groups excluding carboxylic acids is 1. The van der Waals surface area contributed by atoms with E-state index < -0.39 is 5.91 Å². The van der Waals surface area contributed by atoms with Crippen molar-refractivity contribution in [2.24, 2.45) is 0 Å². The number of hydrogen-bond donors (Lipinski definition) is 1. The van der Waals surface area contributed by atoms with E-state index in [4.69, 9.17) is 21.1 Å². The number of benzene rings is 3. The topological polar surface area (TPSA) is 71.3 Å². The molecule has 3 aromatic rings. The average Bonchev–Trinajstić information content (AvgIpc) is 2.82. The SMILES string of the molecule is COc1cc(/C=C(/C#N)C(=O)N[C@@H](C)c2ccccc2)cc(Cl)c1OCc1ccccc1F. The molecular weight excluding hydrogens is 443 g/mol. The Balaban J connectivity index is 1.80. The lowest BCUT2D eigenvalue weighted by atomic mass is 10.1. The number of amides is 1. The second-order valence-electron chi connectivity index (χ2n) is 7.19. The fourth-order valence-corrected chi connectivity index (χ4v) is 3.42. The van der Waals surface area contributed by atoms with Gasteiger partial charge in [0.05, 0.1) is 18.2 Å². The second-order valence-corrected chi connectivity index (χ2v) is 7.60. The van der Waals surface area contributed by atoms with Crippen molar-refractivity contribution in [2.45, 2.75) is 19.6 Å². The van der Waals surface area contributed by atoms with Crippen LogP contribution in [-0.4, -0.2) is 13.0 Å². The van der Waals surface area contributed by atoms with Crippen LogP contribution in [0.3, 0.4) is 0 Å². The lowest BCUT2D eigenvalue weighted by Gasteiger charge is -2.15. The fourth-order valence-electron chi connectivity index (χ4n) is 3.14. The van der Waals surface area contributed by atoms with E-state index in [0.29, 0.717) is 16.9 Å². The second kappa shape index (κ2) is 11.2. The van der Waals surface area contributed by atoms with Crippen LogP contribution in [0.5, 0.6) is 11.5 Å². The van der Waals surface area contributed by atoms with E-state index in [1.165, 1.54) is 19.3 Å². The molecule has 0 spiro atoms. The van der Waals surface area contributed by atoms with Crippen LogP contribution >= 0.6 is 11.6 Å². The zero-order chi connectivity index (χ0) is 23.8. The Morgan fingerprint density at radius 1 is 1.18 bits per heavy atom. The number of nitrogens with one attached hydrogen (secondary N) is 1. The molecule has 0 unspecified atom stereocenters. The third-order valence-electron chi connectivity index (χ3n) is 4.90. The third kappa shape index (κ3) is 6.12. The van der Waals surface area contributed by atoms with Gasteiger partial charge >= 0.3 is 0 Å². The van der Waals surface area contributed by atoms with Crippen LogP contribution in [0.2, 0.25) is 5.02 Å². The van der Waals surface area contributed by atoms with Gasteiger partial charge in [0.2, 0.25) is 0 Å². The quantitative estimate of drug-likeness (QED) is 0.335. The zero-order valence-electron chi connectivity index (χ0n) is 18.1. The molecule has 1 N–H and O–H groups in total. The van der Waals surface area contributed by atoms with Crippen LogP contribution < -0.4 is 14.8 Å². The van der Waals surface area contributed by atoms with E-state index >= 15 is 0 Å². The van der Waals surface area contributed by atoms with Gasteiger partial charge < -0.3 is 14.8 Å². The zero-order valence-corrected chi connectivity index (χ0v) is 18.9. The largest absolute Gasteiger partial charge is 0.493 e. The molecule has 1 atom stereocenters. The standard InChI is InChI=1S/C26H22ClFN2O3/c1-17(19-8-4-3-5-9-19)30-26(31)21(15-29)12-18-13-22(27)25(24(14-18)32-2)33-16-20-10-6-7-11-23(20)28/h3-14,17H,16H2,1-2H3,(H,30,31)/b21-12-/t17-/m0/s1. The number of carbonyl (C=O) groups is 1. The minimum Gasteiger partial charge on any atom is -0.493 e. The molecule has 3 aromatic carbocycles. The summed E-state index contributed by atoms with van der Waals surface area (Å²) in [6.45, 7) is 1.80. The van der Waals surface area contributed by atoms with Gasteiger partial charge in [0, 0.05) is 5.56 Å². The molecule has 0 radical (unpaired) electrons. The summed E-state index contributed by atoms with van der Waals surface area (Å²) in [5.41, 5.74) is 1.69. The predicted molar refractivity (Wildman–Crippen MR) is 125 cm³/mol. The summed E-state index contributed by atoms with van der Waals surface area (Å²) in [7, 11) is 1.44. The highest BCUT2D eigenvalue weighted by molar-refractivity contribution is 6.32. The van der Waals surface area contributed by atoms with Crippen molar-refractivity contribution in [1.82, 2.24) is 5.32 Å². The van der Waals surface area contributed by atoms with Crippen molar-refractivity contribution in [3.63, 3.8) is 0 Å². The van der Waals surface area contributed by atoms with E-state index in [-0.39, 0.29) is 34.8 Å². The molecule has 0 aliphatic carbocycles. The molecule has 1 amide bonds. The van der Waals surface area contributed by atoms with Crippen molar-refractivity contribution >= 4 is 23.6 Å². The molecule has 0 aromatic heterocycles. The Morgan fingerprint density at radius 3 is 2.55 bits per heavy atom. The summed E-state index contributed by atoms with van der Waals surface area (Å²) in [5.74, 6) is -0.369. The Morgan fingerprint density at radius 2 is 1.88 bits per heavy atom. The van der Waals surface area contributed by atoms with Gasteiger partial charge in [-0.3, -0.25) is 4.79 Å². The maximum absolute atomic E-state index is 13.9. The molecule has 3 rings (SSSR count). The first kappa shape index (κ1) is 23.8. The molecule has 0 aliphatic rings. The molecule has 0 heterocycles. The molecule has 168 valence electrons. The van der Waals surface area contributed by atoms with E-state index in [9.17, 15) is 14.4 Å². The van der Waals surface area contributed by atoms with Crippen LogP contribution in [0.4, 0.5) is 4.39 Å². The molecule has 0 fully saturated rings. The highest BCUT2D eigenvalue weighted by atomic mass is 35.5. The summed E-state index contributed by atoms with van der Waals surface area (Å²) in [4.78, 5) is 12.6. The summed E-state index contributed by atoms with van der Waals surface area (Å²) >= 11 is 6.38. The van der Waals surface area contributed by atoms with Crippen LogP contribution in [0.1, 0.15) is 29.7 Å². The van der Waals surface area contributed by atoms with Crippen molar-refractivity contribution in [3.05, 3.63) is 99.8 Å². The maximum Gasteiger partial charge on any atom is 0.262 e. The first-order valence-corrected chi connectivity index (χ1v) is 10.5. The first-order valence-electron chi connectivity index (χ1n) is 10.1. The van der Waals surface area contributed by atoms with Crippen molar-refractivity contribution in [3.8, 4) is 17.6 Å². The summed E-state index contributed by atoms with van der Waals surface area (Å²) in [6, 6.07) is 20.5. The van der Waals surface area contributed by atoms with Crippen LogP contribution in [0, 0.1) is 17.1 Å². The molecule has 33 heavy (non-hydrogen) atoms. The Labute approximate surface area is 197 Å². The number of methoxy groups -OCH3 is 1. The monoisotopic (exact) mass is 464 g/mol. The highest BCUT2D eigenvalue weighted by Gasteiger charge is 2.16. The van der Waals surface area contributed by atoms with E-state index in [2.05, 4.69) is 5.32 Å². The third-order valence-corrected chi connectivity index (χ3v) is 5.19. The molecule has 5 nitrogen and oxygen atoms in total. The number of ether oxygens (including phenoxy) is 2. The summed E-state index contributed by atoms with van der Waals surface area (Å²) in [5, 5.41) is 12.5. The normalized spacial score (nSPS) is 11.9. The van der Waals surface area contributed by atoms with Gasteiger partial charge in [0.1, 0.15) is 24.1 Å². The minimum atomic E-state index is -0.510. The fraction of sp³-hybridized carbons (Fsp3) is 0.154. The minimum absolute atomic E-state index is 0.0405. The van der Waals surface area contributed by atoms with Gasteiger partial charge in [-0.15, -0.1) is 0 Å². The van der Waals surface area contributed by atoms with Crippen molar-refractivity contribution < 1.29 is 18.7 Å². The summed E-state index contributed by atoms with van der Waals surface area (Å²) < 4.78 is 24.9. The number of nitrogens with zero attached hydrogens (tertiary/aromatic N) is 1. The van der Waals surface area contributed by atoms with Crippen LogP contribution in [-0.2, 0) is 11.4 Å². The van der Waals surface area contributed by atoms with Crippen molar-refractivity contribution in [1.29, 1.82) is 5.26 Å². The van der Waals surface area contributed by atoms with Gasteiger partial charge in [-0.25, -0.2) is 4.39 Å². The Bertz CT molecular complexity index is 1210. The smallest absolute Gasteiger partial charge is 0.262 e.